The highest BCUT2D eigenvalue weighted by Crippen LogP contribution is 2.18. The molecule has 0 saturated carbocycles. The molecule has 3 N–H and O–H groups in total. The highest BCUT2D eigenvalue weighted by atomic mass is 16.5. The summed E-state index contributed by atoms with van der Waals surface area (Å²) in [6, 6.07) is 16.6. The molecular weight excluding hydrogens is 380 g/mol. The molecule has 3 rings (SSSR count). The maximum Gasteiger partial charge on any atom is 0.246 e. The van der Waals surface area contributed by atoms with Gasteiger partial charge in [-0.05, 0) is 43.2 Å². The number of carbonyl (C=O) groups is 1. The molecular formula is C23H30N4O3. The van der Waals surface area contributed by atoms with Crippen LogP contribution in [-0.4, -0.2) is 54.7 Å². The van der Waals surface area contributed by atoms with Gasteiger partial charge in [-0.3, -0.25) is 4.79 Å². The van der Waals surface area contributed by atoms with E-state index in [1.165, 1.54) is 17.7 Å². The number of phenols is 1. The van der Waals surface area contributed by atoms with Gasteiger partial charge in [0.05, 0.1) is 13.2 Å². The zero-order valence-corrected chi connectivity index (χ0v) is 17.4. The lowest BCUT2D eigenvalue weighted by molar-refractivity contribution is -0.114. The Morgan fingerprint density at radius 2 is 1.97 bits per heavy atom. The number of amides is 1. The van der Waals surface area contributed by atoms with Crippen LogP contribution in [0.4, 0.5) is 5.69 Å². The van der Waals surface area contributed by atoms with Crippen LogP contribution < -0.4 is 10.6 Å². The van der Waals surface area contributed by atoms with Crippen LogP contribution in [0.3, 0.4) is 0 Å². The number of aliphatic imine (C=N–C) groups is 1. The Kier molecular flexibility index (Phi) is 8.09. The summed E-state index contributed by atoms with van der Waals surface area (Å²) in [6.07, 6.45) is 1.04. The molecule has 1 fully saturated rings. The van der Waals surface area contributed by atoms with Crippen LogP contribution in [0.25, 0.3) is 0 Å². The summed E-state index contributed by atoms with van der Waals surface area (Å²) >= 11 is 0. The number of hydrogen-bond donors (Lipinski definition) is 3. The normalized spacial score (nSPS) is 16.5. The SMILES string of the molecule is CCNC(=NCC(=O)Nc1ccc(O)cc1)N1CCC(COCc2ccccc2)C1. The maximum atomic E-state index is 12.2. The van der Waals surface area contributed by atoms with Crippen molar-refractivity contribution in [3.8, 4) is 5.75 Å². The van der Waals surface area contributed by atoms with Crippen molar-refractivity contribution in [2.45, 2.75) is 20.0 Å². The van der Waals surface area contributed by atoms with Gasteiger partial charge in [-0.2, -0.15) is 0 Å². The maximum absolute atomic E-state index is 12.2. The van der Waals surface area contributed by atoms with Crippen LogP contribution >= 0.6 is 0 Å². The number of hydrogen-bond acceptors (Lipinski definition) is 4. The lowest BCUT2D eigenvalue weighted by atomic mass is 10.1. The Bertz CT molecular complexity index is 824. The monoisotopic (exact) mass is 410 g/mol. The highest BCUT2D eigenvalue weighted by Gasteiger charge is 2.25. The highest BCUT2D eigenvalue weighted by molar-refractivity contribution is 5.94. The number of likely N-dealkylation sites (tertiary alicyclic amines) is 1. The van der Waals surface area contributed by atoms with Crippen LogP contribution in [0.1, 0.15) is 18.9 Å². The minimum absolute atomic E-state index is 0.0366. The average Bonchev–Trinajstić information content (AvgIpc) is 3.22. The van der Waals surface area contributed by atoms with E-state index < -0.39 is 0 Å². The predicted molar refractivity (Wildman–Crippen MR) is 118 cm³/mol. The van der Waals surface area contributed by atoms with Crippen LogP contribution in [0.2, 0.25) is 0 Å². The molecule has 0 aromatic heterocycles. The fourth-order valence-electron chi connectivity index (χ4n) is 3.40. The molecule has 30 heavy (non-hydrogen) atoms. The fourth-order valence-corrected chi connectivity index (χ4v) is 3.40. The predicted octanol–water partition coefficient (Wildman–Crippen LogP) is 2.83. The first-order valence-corrected chi connectivity index (χ1v) is 10.4. The van der Waals surface area contributed by atoms with Gasteiger partial charge in [-0.15, -0.1) is 0 Å². The third kappa shape index (κ3) is 6.77. The van der Waals surface area contributed by atoms with Crippen molar-refractivity contribution in [1.29, 1.82) is 0 Å². The van der Waals surface area contributed by atoms with E-state index in [1.807, 2.05) is 25.1 Å². The topological polar surface area (TPSA) is 86.2 Å². The first kappa shape index (κ1) is 21.6. The van der Waals surface area contributed by atoms with Gasteiger partial charge in [0.1, 0.15) is 12.3 Å². The van der Waals surface area contributed by atoms with E-state index in [4.69, 9.17) is 4.74 Å². The molecule has 1 atom stereocenters. The van der Waals surface area contributed by atoms with E-state index in [1.54, 1.807) is 12.1 Å². The third-order valence-corrected chi connectivity index (χ3v) is 4.91. The Hall–Kier alpha value is -3.06. The number of benzene rings is 2. The van der Waals surface area contributed by atoms with Gasteiger partial charge in [0.2, 0.25) is 5.91 Å². The summed E-state index contributed by atoms with van der Waals surface area (Å²) in [5.74, 6) is 1.17. The first-order chi connectivity index (χ1) is 14.6. The average molecular weight is 411 g/mol. The molecule has 1 unspecified atom stereocenters. The number of nitrogens with zero attached hydrogens (tertiary/aromatic N) is 2. The Labute approximate surface area is 177 Å². The van der Waals surface area contributed by atoms with Crippen LogP contribution in [0.5, 0.6) is 5.75 Å². The molecule has 1 aliphatic rings. The number of rotatable bonds is 8. The number of ether oxygens (including phenoxy) is 1. The molecule has 7 nitrogen and oxygen atoms in total. The largest absolute Gasteiger partial charge is 0.508 e. The number of nitrogens with one attached hydrogen (secondary N) is 2. The van der Waals surface area contributed by atoms with Gasteiger partial charge in [-0.1, -0.05) is 30.3 Å². The Morgan fingerprint density at radius 1 is 1.20 bits per heavy atom. The van der Waals surface area contributed by atoms with Gasteiger partial charge in [0, 0.05) is 31.2 Å². The van der Waals surface area contributed by atoms with Crippen LogP contribution in [0.15, 0.2) is 59.6 Å². The number of phenolic OH excluding ortho intramolecular Hbond substituents is 1. The molecule has 0 spiro atoms. The molecule has 1 amide bonds. The van der Waals surface area contributed by atoms with Crippen molar-refractivity contribution in [2.24, 2.45) is 10.9 Å². The second-order valence-electron chi connectivity index (χ2n) is 7.37. The number of carbonyl (C=O) groups excluding carboxylic acids is 1. The molecule has 1 heterocycles. The van der Waals surface area contributed by atoms with Crippen molar-refractivity contribution in [2.75, 3.05) is 38.1 Å². The van der Waals surface area contributed by atoms with E-state index in [2.05, 4.69) is 32.7 Å². The van der Waals surface area contributed by atoms with Crippen LogP contribution in [0, 0.1) is 5.92 Å². The molecule has 7 heteroatoms. The van der Waals surface area contributed by atoms with Crippen molar-refractivity contribution < 1.29 is 14.6 Å². The fraction of sp³-hybridized carbons (Fsp3) is 0.391. The summed E-state index contributed by atoms with van der Waals surface area (Å²) in [5.41, 5.74) is 1.82. The number of anilines is 1. The lowest BCUT2D eigenvalue weighted by Crippen LogP contribution is -2.40. The summed E-state index contributed by atoms with van der Waals surface area (Å²) in [5, 5.41) is 15.4. The van der Waals surface area contributed by atoms with Gasteiger partial charge < -0.3 is 25.4 Å². The Morgan fingerprint density at radius 3 is 2.70 bits per heavy atom. The second-order valence-corrected chi connectivity index (χ2v) is 7.37. The first-order valence-electron chi connectivity index (χ1n) is 10.4. The number of aromatic hydroxyl groups is 1. The third-order valence-electron chi connectivity index (χ3n) is 4.91. The van der Waals surface area contributed by atoms with E-state index >= 15 is 0 Å². The van der Waals surface area contributed by atoms with E-state index in [0.29, 0.717) is 24.8 Å². The molecule has 1 saturated heterocycles. The van der Waals surface area contributed by atoms with E-state index in [-0.39, 0.29) is 18.2 Å². The van der Waals surface area contributed by atoms with Gasteiger partial charge in [0.15, 0.2) is 5.96 Å². The quantitative estimate of drug-likeness (QED) is 0.354. The summed E-state index contributed by atoms with van der Waals surface area (Å²) < 4.78 is 5.90. The molecule has 0 radical (unpaired) electrons. The van der Waals surface area contributed by atoms with Crippen molar-refractivity contribution in [1.82, 2.24) is 10.2 Å². The molecule has 0 aliphatic carbocycles. The van der Waals surface area contributed by atoms with Crippen LogP contribution in [-0.2, 0) is 16.1 Å². The minimum atomic E-state index is -0.196. The van der Waals surface area contributed by atoms with Crippen molar-refractivity contribution >= 4 is 17.6 Å². The molecule has 1 aliphatic heterocycles. The second kappa shape index (κ2) is 11.2. The zero-order chi connectivity index (χ0) is 21.2. The van der Waals surface area contributed by atoms with E-state index in [9.17, 15) is 9.90 Å². The van der Waals surface area contributed by atoms with Crippen molar-refractivity contribution in [3.05, 3.63) is 60.2 Å². The molecule has 2 aromatic carbocycles. The van der Waals surface area contributed by atoms with Crippen molar-refractivity contribution in [3.63, 3.8) is 0 Å². The lowest BCUT2D eigenvalue weighted by Gasteiger charge is -2.21. The summed E-state index contributed by atoms with van der Waals surface area (Å²) in [4.78, 5) is 18.9. The molecule has 2 aromatic rings. The standard InChI is InChI=1S/C23H30N4O3/c1-2-24-23(25-14-22(29)26-20-8-10-21(28)11-9-20)27-13-12-19(15-27)17-30-16-18-6-4-3-5-7-18/h3-11,19,28H,2,12-17H2,1H3,(H,24,25)(H,26,29). The zero-order valence-electron chi connectivity index (χ0n) is 17.4. The smallest absolute Gasteiger partial charge is 0.246 e. The van der Waals surface area contributed by atoms with E-state index in [0.717, 1.165) is 32.0 Å². The summed E-state index contributed by atoms with van der Waals surface area (Å²) in [6.45, 7) is 5.89. The summed E-state index contributed by atoms with van der Waals surface area (Å²) in [7, 11) is 0. The Balaban J connectivity index is 1.46. The van der Waals surface area contributed by atoms with Gasteiger partial charge in [-0.25, -0.2) is 4.99 Å². The molecule has 160 valence electrons. The number of guanidine groups is 1. The van der Waals surface area contributed by atoms with Gasteiger partial charge in [0.25, 0.3) is 0 Å². The van der Waals surface area contributed by atoms with Gasteiger partial charge >= 0.3 is 0 Å². The molecule has 0 bridgehead atoms. The minimum Gasteiger partial charge on any atom is -0.508 e.